The van der Waals surface area contributed by atoms with Gasteiger partial charge in [0.05, 0.1) is 0 Å². The normalized spacial score (nSPS) is 27.8. The fourth-order valence-corrected chi connectivity index (χ4v) is 3.03. The molecule has 1 heteroatoms. The predicted molar refractivity (Wildman–Crippen MR) is 99.1 cm³/mol. The van der Waals surface area contributed by atoms with E-state index in [1.165, 1.54) is 57.4 Å². The molecule has 0 saturated heterocycles. The lowest BCUT2D eigenvalue weighted by molar-refractivity contribution is -0.106. The van der Waals surface area contributed by atoms with Crippen LogP contribution in [0.3, 0.4) is 0 Å². The number of rotatable bonds is 4. The summed E-state index contributed by atoms with van der Waals surface area (Å²) in [7, 11) is 0. The van der Waals surface area contributed by atoms with Crippen LogP contribution < -0.4 is 0 Å². The minimum absolute atomic E-state index is 0.388. The number of hydrogen-bond acceptors (Lipinski definition) is 1. The number of hydrogen-bond donors (Lipinski definition) is 0. The number of aldehydes is 1. The van der Waals surface area contributed by atoms with Crippen LogP contribution in [0.2, 0.25) is 0 Å². The van der Waals surface area contributed by atoms with E-state index in [9.17, 15) is 0 Å². The molecule has 0 aromatic heterocycles. The maximum atomic E-state index is 8.81. The lowest BCUT2D eigenvalue weighted by Gasteiger charge is -2.43. The van der Waals surface area contributed by atoms with Gasteiger partial charge in [-0.2, -0.15) is 0 Å². The standard InChI is InChI=1S/C16H28.C3H6.C2H4O/c1-6-7-10-13(2)15(4)16(5)12-9-8-11-14(16)3;1-2-3-1;1-2-3/h6-7,13-14H,4,8-12H2,1-3,5H3;1-3H2;2H,1H3/b7-6+;;. The van der Waals surface area contributed by atoms with E-state index in [4.69, 9.17) is 4.79 Å². The van der Waals surface area contributed by atoms with Crippen LogP contribution in [0.1, 0.15) is 86.0 Å². The zero-order valence-corrected chi connectivity index (χ0v) is 15.7. The molecule has 2 aliphatic rings. The first-order valence-electron chi connectivity index (χ1n) is 9.14. The summed E-state index contributed by atoms with van der Waals surface area (Å²) in [5.41, 5.74) is 1.87. The Morgan fingerprint density at radius 2 is 1.77 bits per heavy atom. The van der Waals surface area contributed by atoms with E-state index in [1.807, 2.05) is 0 Å². The van der Waals surface area contributed by atoms with E-state index in [-0.39, 0.29) is 0 Å². The van der Waals surface area contributed by atoms with Gasteiger partial charge < -0.3 is 4.79 Å². The van der Waals surface area contributed by atoms with Gasteiger partial charge >= 0.3 is 0 Å². The van der Waals surface area contributed by atoms with Crippen LogP contribution in [-0.2, 0) is 4.79 Å². The van der Waals surface area contributed by atoms with Crippen LogP contribution in [0.4, 0.5) is 0 Å². The van der Waals surface area contributed by atoms with Crippen LogP contribution in [0, 0.1) is 17.3 Å². The lowest BCUT2D eigenvalue weighted by Crippen LogP contribution is -2.33. The van der Waals surface area contributed by atoms with Gasteiger partial charge in [-0.15, -0.1) is 0 Å². The Morgan fingerprint density at radius 3 is 2.18 bits per heavy atom. The van der Waals surface area contributed by atoms with Crippen molar-refractivity contribution in [2.24, 2.45) is 17.3 Å². The first kappa shape index (κ1) is 21.1. The first-order chi connectivity index (χ1) is 10.4. The Bertz CT molecular complexity index is 337. The van der Waals surface area contributed by atoms with E-state index in [2.05, 4.69) is 46.4 Å². The highest BCUT2D eigenvalue weighted by Gasteiger charge is 2.37. The number of carbonyl (C=O) groups excluding carboxylic acids is 1. The molecule has 0 spiro atoms. The van der Waals surface area contributed by atoms with E-state index < -0.39 is 0 Å². The monoisotopic (exact) mass is 306 g/mol. The zero-order chi connectivity index (χ0) is 17.0. The maximum Gasteiger partial charge on any atom is 0.116 e. The second kappa shape index (κ2) is 11.7. The Hall–Kier alpha value is -0.850. The minimum Gasteiger partial charge on any atom is -0.304 e. The molecule has 0 N–H and O–H groups in total. The number of carbonyl (C=O) groups is 1. The van der Waals surface area contributed by atoms with Crippen molar-refractivity contribution >= 4 is 6.29 Å². The molecule has 0 bridgehead atoms. The zero-order valence-electron chi connectivity index (χ0n) is 15.7. The maximum absolute atomic E-state index is 8.81. The van der Waals surface area contributed by atoms with Crippen LogP contribution in [-0.4, -0.2) is 6.29 Å². The summed E-state index contributed by atoms with van der Waals surface area (Å²) in [6.07, 6.45) is 16.3. The third-order valence-corrected chi connectivity index (χ3v) is 5.08. The average Bonchev–Trinajstić information content (AvgIpc) is 3.36. The summed E-state index contributed by atoms with van der Waals surface area (Å²) in [5.74, 6) is 1.43. The molecule has 0 radical (unpaired) electrons. The van der Waals surface area contributed by atoms with E-state index in [0.717, 1.165) is 18.6 Å². The van der Waals surface area contributed by atoms with Gasteiger partial charge in [0.1, 0.15) is 6.29 Å². The summed E-state index contributed by atoms with van der Waals surface area (Å²) in [5, 5.41) is 0. The quantitative estimate of drug-likeness (QED) is 0.415. The van der Waals surface area contributed by atoms with Gasteiger partial charge in [0.2, 0.25) is 0 Å². The molecule has 0 aliphatic heterocycles. The molecule has 2 aliphatic carbocycles. The summed E-state index contributed by atoms with van der Waals surface area (Å²) in [6, 6.07) is 0. The summed E-state index contributed by atoms with van der Waals surface area (Å²) in [6.45, 7) is 15.1. The van der Waals surface area contributed by atoms with Gasteiger partial charge in [0.25, 0.3) is 0 Å². The number of allylic oxidation sites excluding steroid dienone is 3. The van der Waals surface area contributed by atoms with Gasteiger partial charge in [0.15, 0.2) is 0 Å². The summed E-state index contributed by atoms with van der Waals surface area (Å²) >= 11 is 0. The Kier molecular flexibility index (Phi) is 11.2. The smallest absolute Gasteiger partial charge is 0.116 e. The molecule has 3 atom stereocenters. The largest absolute Gasteiger partial charge is 0.304 e. The van der Waals surface area contributed by atoms with E-state index in [0.29, 0.717) is 11.3 Å². The van der Waals surface area contributed by atoms with E-state index >= 15 is 0 Å². The molecule has 0 amide bonds. The van der Waals surface area contributed by atoms with Crippen molar-refractivity contribution in [2.75, 3.05) is 0 Å². The Morgan fingerprint density at radius 1 is 1.23 bits per heavy atom. The average molecular weight is 307 g/mol. The molecular weight excluding hydrogens is 268 g/mol. The molecule has 3 unspecified atom stereocenters. The SMILES string of the molecule is C1CC1.C=C(C(C)C/C=C/C)C1(C)CCCCC1C.CC=O. The van der Waals surface area contributed by atoms with Gasteiger partial charge in [0, 0.05) is 0 Å². The Balaban J connectivity index is 0.000000615. The second-order valence-electron chi connectivity index (χ2n) is 7.09. The highest BCUT2D eigenvalue weighted by Crippen LogP contribution is 2.48. The van der Waals surface area contributed by atoms with Crippen molar-refractivity contribution in [3.05, 3.63) is 24.3 Å². The van der Waals surface area contributed by atoms with Crippen molar-refractivity contribution < 1.29 is 4.79 Å². The van der Waals surface area contributed by atoms with Crippen molar-refractivity contribution in [3.8, 4) is 0 Å². The van der Waals surface area contributed by atoms with Gasteiger partial charge in [-0.3, -0.25) is 0 Å². The van der Waals surface area contributed by atoms with Crippen LogP contribution in [0.15, 0.2) is 24.3 Å². The minimum atomic E-state index is 0.388. The molecule has 1 nitrogen and oxygen atoms in total. The highest BCUT2D eigenvalue weighted by molar-refractivity contribution is 5.44. The van der Waals surface area contributed by atoms with Gasteiger partial charge in [-0.25, -0.2) is 0 Å². The predicted octanol–water partition coefficient (Wildman–Crippen LogP) is 6.74. The molecule has 128 valence electrons. The fraction of sp³-hybridized carbons (Fsp3) is 0.762. The second-order valence-corrected chi connectivity index (χ2v) is 7.09. The summed E-state index contributed by atoms with van der Waals surface area (Å²) in [4.78, 5) is 8.81. The molecule has 22 heavy (non-hydrogen) atoms. The topological polar surface area (TPSA) is 17.1 Å². The van der Waals surface area contributed by atoms with Crippen molar-refractivity contribution in [1.29, 1.82) is 0 Å². The molecule has 0 aromatic carbocycles. The molecule has 2 rings (SSSR count). The third kappa shape index (κ3) is 7.96. The Labute approximate surface area is 139 Å². The van der Waals surface area contributed by atoms with Crippen molar-refractivity contribution in [3.63, 3.8) is 0 Å². The van der Waals surface area contributed by atoms with Crippen molar-refractivity contribution in [2.45, 2.75) is 86.0 Å². The third-order valence-electron chi connectivity index (χ3n) is 5.08. The summed E-state index contributed by atoms with van der Waals surface area (Å²) < 4.78 is 0. The van der Waals surface area contributed by atoms with Crippen LogP contribution in [0.25, 0.3) is 0 Å². The molecule has 2 fully saturated rings. The highest BCUT2D eigenvalue weighted by atomic mass is 16.1. The molecule has 2 saturated carbocycles. The van der Waals surface area contributed by atoms with Gasteiger partial charge in [-0.05, 0) is 50.4 Å². The van der Waals surface area contributed by atoms with Gasteiger partial charge in [-0.1, -0.05) is 77.2 Å². The van der Waals surface area contributed by atoms with E-state index in [1.54, 1.807) is 0 Å². The van der Waals surface area contributed by atoms with Crippen LogP contribution >= 0.6 is 0 Å². The molecular formula is C21H38O. The van der Waals surface area contributed by atoms with Crippen molar-refractivity contribution in [1.82, 2.24) is 0 Å². The lowest BCUT2D eigenvalue weighted by atomic mass is 9.62. The first-order valence-corrected chi connectivity index (χ1v) is 9.14. The molecule has 0 aromatic rings. The molecule has 0 heterocycles. The van der Waals surface area contributed by atoms with Crippen LogP contribution in [0.5, 0.6) is 0 Å². The fourth-order valence-electron chi connectivity index (χ4n) is 3.03.